The Bertz CT molecular complexity index is 1380. The molecule has 0 aliphatic carbocycles. The molecule has 0 radical (unpaired) electrons. The van der Waals surface area contributed by atoms with E-state index in [0.29, 0.717) is 61.6 Å². The van der Waals surface area contributed by atoms with Crippen LogP contribution >= 0.6 is 0 Å². The van der Waals surface area contributed by atoms with Crippen molar-refractivity contribution in [3.8, 4) is 17.1 Å². The minimum absolute atomic E-state index is 0.00126. The van der Waals surface area contributed by atoms with Crippen LogP contribution in [-0.2, 0) is 6.18 Å². The third-order valence-electron chi connectivity index (χ3n) is 7.31. The number of carbonyl (C=O) groups excluding carboxylic acids is 1. The first-order chi connectivity index (χ1) is 19.7. The van der Waals surface area contributed by atoms with Gasteiger partial charge in [0.25, 0.3) is 5.91 Å². The molecule has 1 unspecified atom stereocenters. The first kappa shape index (κ1) is 28.6. The maximum Gasteiger partial charge on any atom is 0.418 e. The number of anilines is 2. The van der Waals surface area contributed by atoms with Crippen molar-refractivity contribution in [1.82, 2.24) is 20.6 Å². The van der Waals surface area contributed by atoms with Crippen molar-refractivity contribution in [2.75, 3.05) is 49.5 Å². The molecule has 1 aromatic carbocycles. The smallest absolute Gasteiger partial charge is 0.418 e. The first-order valence-electron chi connectivity index (χ1n) is 13.7. The SMILES string of the molecule is CCOc1ncccc1-c1ccc(N2CCC(CNc3ccc(F)cc3C(F)(F)F)C2)c(C(=O)N[C@@H]2CCNC2)n1. The van der Waals surface area contributed by atoms with Crippen LogP contribution in [0.2, 0.25) is 0 Å². The summed E-state index contributed by atoms with van der Waals surface area (Å²) in [7, 11) is 0. The molecule has 0 bridgehead atoms. The number of benzene rings is 1. The molecule has 2 fully saturated rings. The minimum atomic E-state index is -4.67. The van der Waals surface area contributed by atoms with E-state index < -0.39 is 17.6 Å². The van der Waals surface area contributed by atoms with Crippen molar-refractivity contribution in [3.63, 3.8) is 0 Å². The Kier molecular flexibility index (Phi) is 8.57. The first-order valence-corrected chi connectivity index (χ1v) is 13.7. The van der Waals surface area contributed by atoms with Crippen LogP contribution in [0.1, 0.15) is 35.8 Å². The number of aromatic nitrogens is 2. The lowest BCUT2D eigenvalue weighted by molar-refractivity contribution is -0.137. The van der Waals surface area contributed by atoms with Gasteiger partial charge in [-0.2, -0.15) is 13.2 Å². The van der Waals surface area contributed by atoms with Gasteiger partial charge in [-0.15, -0.1) is 0 Å². The Labute approximate surface area is 235 Å². The summed E-state index contributed by atoms with van der Waals surface area (Å²) in [5, 5.41) is 9.17. The molecule has 3 N–H and O–H groups in total. The van der Waals surface area contributed by atoms with Crippen LogP contribution in [0.4, 0.5) is 28.9 Å². The summed E-state index contributed by atoms with van der Waals surface area (Å²) in [4.78, 5) is 24.6. The summed E-state index contributed by atoms with van der Waals surface area (Å²) in [6.07, 6.45) is -1.53. The highest BCUT2D eigenvalue weighted by atomic mass is 19.4. The molecule has 2 aromatic heterocycles. The number of nitrogens with zero attached hydrogens (tertiary/aromatic N) is 3. The molecule has 0 saturated carbocycles. The Morgan fingerprint density at radius 2 is 2.05 bits per heavy atom. The maximum absolute atomic E-state index is 13.5. The van der Waals surface area contributed by atoms with Crippen LogP contribution < -0.4 is 25.6 Å². The molecule has 2 atom stereocenters. The number of hydrogen-bond acceptors (Lipinski definition) is 7. The fourth-order valence-electron chi connectivity index (χ4n) is 5.27. The summed E-state index contributed by atoms with van der Waals surface area (Å²) in [6, 6.07) is 9.91. The molecule has 1 amide bonds. The van der Waals surface area contributed by atoms with Crippen LogP contribution in [0, 0.1) is 11.7 Å². The molecular weight excluding hydrogens is 540 g/mol. The number of amides is 1. The van der Waals surface area contributed by atoms with Gasteiger partial charge in [-0.05, 0) is 74.7 Å². The van der Waals surface area contributed by atoms with Crippen LogP contribution in [0.5, 0.6) is 5.88 Å². The minimum Gasteiger partial charge on any atom is -0.477 e. The Hall–Kier alpha value is -3.93. The number of pyridine rings is 2. The fraction of sp³-hybridized carbons (Fsp3) is 0.414. The number of ether oxygens (including phenoxy) is 1. The zero-order chi connectivity index (χ0) is 29.0. The van der Waals surface area contributed by atoms with Gasteiger partial charge in [-0.25, -0.2) is 14.4 Å². The van der Waals surface area contributed by atoms with Gasteiger partial charge in [0.05, 0.1) is 29.1 Å². The van der Waals surface area contributed by atoms with Gasteiger partial charge in [0.1, 0.15) is 5.82 Å². The monoisotopic (exact) mass is 572 g/mol. The van der Waals surface area contributed by atoms with Gasteiger partial charge in [0.15, 0.2) is 5.69 Å². The predicted molar refractivity (Wildman–Crippen MR) is 148 cm³/mol. The molecule has 0 spiro atoms. The highest BCUT2D eigenvalue weighted by molar-refractivity contribution is 5.99. The third-order valence-corrected chi connectivity index (χ3v) is 7.31. The summed E-state index contributed by atoms with van der Waals surface area (Å²) in [5.74, 6) is -0.809. The van der Waals surface area contributed by atoms with Crippen molar-refractivity contribution in [3.05, 3.63) is 65.7 Å². The number of hydrogen-bond donors (Lipinski definition) is 3. The van der Waals surface area contributed by atoms with E-state index in [4.69, 9.17) is 9.72 Å². The van der Waals surface area contributed by atoms with E-state index in [1.54, 1.807) is 12.3 Å². The van der Waals surface area contributed by atoms with Gasteiger partial charge in [-0.1, -0.05) is 0 Å². The highest BCUT2D eigenvalue weighted by Gasteiger charge is 2.35. The van der Waals surface area contributed by atoms with Crippen LogP contribution in [0.15, 0.2) is 48.7 Å². The van der Waals surface area contributed by atoms with E-state index in [0.717, 1.165) is 25.1 Å². The number of nitrogens with one attached hydrogen (secondary N) is 3. The molecule has 8 nitrogen and oxygen atoms in total. The van der Waals surface area contributed by atoms with Crippen LogP contribution in [0.25, 0.3) is 11.3 Å². The van der Waals surface area contributed by atoms with Gasteiger partial charge in [0.2, 0.25) is 5.88 Å². The lowest BCUT2D eigenvalue weighted by Gasteiger charge is -2.23. The van der Waals surface area contributed by atoms with E-state index >= 15 is 0 Å². The molecule has 5 rings (SSSR count). The quantitative estimate of drug-likeness (QED) is 0.320. The maximum atomic E-state index is 13.5. The molecule has 41 heavy (non-hydrogen) atoms. The molecule has 218 valence electrons. The summed E-state index contributed by atoms with van der Waals surface area (Å²) in [5.41, 5.74) is 0.949. The molecule has 4 heterocycles. The molecule has 3 aromatic rings. The topological polar surface area (TPSA) is 91.4 Å². The van der Waals surface area contributed by atoms with E-state index in [2.05, 4.69) is 20.9 Å². The zero-order valence-corrected chi connectivity index (χ0v) is 22.6. The Balaban J connectivity index is 1.37. The van der Waals surface area contributed by atoms with E-state index in [-0.39, 0.29) is 35.8 Å². The van der Waals surface area contributed by atoms with E-state index in [1.807, 2.05) is 30.0 Å². The highest BCUT2D eigenvalue weighted by Crippen LogP contribution is 2.36. The van der Waals surface area contributed by atoms with Crippen molar-refractivity contribution < 1.29 is 27.1 Å². The summed E-state index contributed by atoms with van der Waals surface area (Å²) < 4.78 is 59.5. The standard InChI is InChI=1S/C29H32F4N6O2/c1-2-41-28-21(4-3-11-35-28)23-7-8-25(26(38-23)27(40)37-20-9-12-34-16-20)39-13-10-18(17-39)15-36-24-6-5-19(30)14-22(24)29(31,32)33/h3-8,11,14,18,20,34,36H,2,9-10,12-13,15-17H2,1H3,(H,37,40)/t18?,20-/m1/s1. The lowest BCUT2D eigenvalue weighted by atomic mass is 10.1. The average Bonchev–Trinajstić information content (AvgIpc) is 3.64. The second-order valence-corrected chi connectivity index (χ2v) is 10.2. The molecule has 2 aliphatic rings. The Morgan fingerprint density at radius 3 is 2.80 bits per heavy atom. The van der Waals surface area contributed by atoms with Crippen molar-refractivity contribution in [2.24, 2.45) is 5.92 Å². The lowest BCUT2D eigenvalue weighted by Crippen LogP contribution is -2.37. The van der Waals surface area contributed by atoms with Crippen LogP contribution in [-0.4, -0.2) is 61.2 Å². The second-order valence-electron chi connectivity index (χ2n) is 10.2. The number of carbonyl (C=O) groups is 1. The second kappa shape index (κ2) is 12.3. The molecular formula is C29H32F4N6O2. The van der Waals surface area contributed by atoms with Crippen molar-refractivity contribution >= 4 is 17.3 Å². The normalized spacial score (nSPS) is 18.9. The van der Waals surface area contributed by atoms with Gasteiger partial charge < -0.3 is 25.6 Å². The average molecular weight is 573 g/mol. The number of halogens is 4. The summed E-state index contributed by atoms with van der Waals surface area (Å²) >= 11 is 0. The molecule has 2 aliphatic heterocycles. The van der Waals surface area contributed by atoms with E-state index in [1.165, 1.54) is 0 Å². The van der Waals surface area contributed by atoms with Gasteiger partial charge in [0, 0.05) is 44.1 Å². The predicted octanol–water partition coefficient (Wildman–Crippen LogP) is 4.73. The zero-order valence-electron chi connectivity index (χ0n) is 22.6. The molecule has 2 saturated heterocycles. The fourth-order valence-corrected chi connectivity index (χ4v) is 5.27. The largest absolute Gasteiger partial charge is 0.477 e. The number of rotatable bonds is 9. The molecule has 12 heteroatoms. The van der Waals surface area contributed by atoms with Crippen LogP contribution in [0.3, 0.4) is 0 Å². The van der Waals surface area contributed by atoms with Gasteiger partial charge >= 0.3 is 6.18 Å². The summed E-state index contributed by atoms with van der Waals surface area (Å²) in [6.45, 7) is 5.17. The van der Waals surface area contributed by atoms with Gasteiger partial charge in [-0.3, -0.25) is 4.79 Å². The van der Waals surface area contributed by atoms with Crippen molar-refractivity contribution in [2.45, 2.75) is 32.0 Å². The Morgan fingerprint density at radius 1 is 1.20 bits per heavy atom. The third kappa shape index (κ3) is 6.70. The van der Waals surface area contributed by atoms with Crippen molar-refractivity contribution in [1.29, 1.82) is 0 Å². The number of alkyl halides is 3. The van der Waals surface area contributed by atoms with E-state index in [9.17, 15) is 22.4 Å².